The van der Waals surface area contributed by atoms with E-state index in [0.29, 0.717) is 0 Å². The molecule has 0 fully saturated rings. The van der Waals surface area contributed by atoms with Gasteiger partial charge in [0.05, 0.1) is 6.20 Å². The highest BCUT2D eigenvalue weighted by atomic mass is 19.4. The summed E-state index contributed by atoms with van der Waals surface area (Å²) in [6.45, 7) is 0. The molecule has 0 atom stereocenters. The van der Waals surface area contributed by atoms with Gasteiger partial charge in [-0.15, -0.1) is 0 Å². The van der Waals surface area contributed by atoms with E-state index >= 15 is 0 Å². The molecule has 1 heterocycles. The van der Waals surface area contributed by atoms with Gasteiger partial charge in [-0.1, -0.05) is 0 Å². The third-order valence-corrected chi connectivity index (χ3v) is 1.71. The molecule has 1 amide bonds. The van der Waals surface area contributed by atoms with E-state index < -0.39 is 23.7 Å². The molecule has 0 aromatic carbocycles. The van der Waals surface area contributed by atoms with Crippen molar-refractivity contribution in [3.05, 3.63) is 11.9 Å². The van der Waals surface area contributed by atoms with Crippen molar-refractivity contribution < 1.29 is 23.1 Å². The summed E-state index contributed by atoms with van der Waals surface area (Å²) in [6.07, 6.45) is -4.60. The summed E-state index contributed by atoms with van der Waals surface area (Å²) >= 11 is 0. The van der Waals surface area contributed by atoms with Crippen LogP contribution in [0.5, 0.6) is 0 Å². The number of amides is 1. The molecule has 0 aliphatic rings. The van der Waals surface area contributed by atoms with Gasteiger partial charge in [0.2, 0.25) is 0 Å². The molecule has 10 heteroatoms. The zero-order valence-electron chi connectivity index (χ0n) is 9.43. The third kappa shape index (κ3) is 3.12. The molecule has 1 aromatic rings. The number of carbonyl (C=O) groups is 1. The Hall–Kier alpha value is -2.26. The number of aromatic amines is 1. The SMILES string of the molecule is CN(C)C=NN(C(=O)O)c1cn[nH]c1C(F)(F)F. The van der Waals surface area contributed by atoms with Crippen LogP contribution < -0.4 is 5.01 Å². The third-order valence-electron chi connectivity index (χ3n) is 1.71. The summed E-state index contributed by atoms with van der Waals surface area (Å²) in [5, 5.41) is 17.3. The number of carboxylic acid groups (broad SMARTS) is 1. The van der Waals surface area contributed by atoms with Gasteiger partial charge >= 0.3 is 12.3 Å². The smallest absolute Gasteiger partial charge is 0.434 e. The number of H-pyrrole nitrogens is 1. The van der Waals surface area contributed by atoms with Crippen LogP contribution in [0.3, 0.4) is 0 Å². The van der Waals surface area contributed by atoms with E-state index in [0.717, 1.165) is 12.5 Å². The van der Waals surface area contributed by atoms with E-state index in [9.17, 15) is 18.0 Å². The second kappa shape index (κ2) is 4.94. The molecule has 0 saturated carbocycles. The number of alkyl halides is 3. The van der Waals surface area contributed by atoms with Gasteiger partial charge in [0, 0.05) is 14.1 Å². The van der Waals surface area contributed by atoms with Crippen molar-refractivity contribution in [3.63, 3.8) is 0 Å². The lowest BCUT2D eigenvalue weighted by atomic mass is 10.3. The standard InChI is InChI=1S/C8H10F3N5O2/c1-15(2)4-13-16(7(17)18)5-3-12-14-6(5)8(9,10)11/h3-4H,1-2H3,(H,12,14)(H,17,18). The van der Waals surface area contributed by atoms with Crippen LogP contribution in [-0.2, 0) is 6.18 Å². The van der Waals surface area contributed by atoms with Crippen molar-refractivity contribution >= 4 is 18.1 Å². The van der Waals surface area contributed by atoms with Crippen LogP contribution in [0.2, 0.25) is 0 Å². The van der Waals surface area contributed by atoms with Gasteiger partial charge < -0.3 is 10.0 Å². The van der Waals surface area contributed by atoms with Crippen LogP contribution in [0, 0.1) is 0 Å². The number of halogens is 3. The van der Waals surface area contributed by atoms with Crippen molar-refractivity contribution in [1.29, 1.82) is 0 Å². The van der Waals surface area contributed by atoms with E-state index in [2.05, 4.69) is 10.2 Å². The first-order chi connectivity index (χ1) is 8.23. The first kappa shape index (κ1) is 13.8. The van der Waals surface area contributed by atoms with Crippen LogP contribution in [-0.4, -0.2) is 46.7 Å². The van der Waals surface area contributed by atoms with E-state index in [-0.39, 0.29) is 5.01 Å². The van der Waals surface area contributed by atoms with Gasteiger partial charge in [0.1, 0.15) is 12.0 Å². The molecule has 0 radical (unpaired) electrons. The Kier molecular flexibility index (Phi) is 3.79. The molecule has 1 aromatic heterocycles. The second-order valence-corrected chi connectivity index (χ2v) is 3.42. The number of hydrogen-bond acceptors (Lipinski definition) is 3. The van der Waals surface area contributed by atoms with Gasteiger partial charge in [-0.25, -0.2) is 4.79 Å². The molecular weight excluding hydrogens is 255 g/mol. The topological polar surface area (TPSA) is 84.8 Å². The Labute approximate surface area is 99.5 Å². The van der Waals surface area contributed by atoms with Gasteiger partial charge in [-0.3, -0.25) is 5.10 Å². The molecule has 2 N–H and O–H groups in total. The first-order valence-electron chi connectivity index (χ1n) is 4.57. The highest BCUT2D eigenvalue weighted by Crippen LogP contribution is 2.34. The maximum absolute atomic E-state index is 12.6. The maximum atomic E-state index is 12.6. The molecule has 0 unspecified atom stereocenters. The van der Waals surface area contributed by atoms with Gasteiger partial charge in [0.15, 0.2) is 5.69 Å². The fourth-order valence-corrected chi connectivity index (χ4v) is 1.02. The fraction of sp³-hybridized carbons (Fsp3) is 0.375. The molecule has 0 aliphatic carbocycles. The largest absolute Gasteiger partial charge is 0.463 e. The van der Waals surface area contributed by atoms with E-state index in [1.807, 2.05) is 0 Å². The molecule has 0 spiro atoms. The van der Waals surface area contributed by atoms with Crippen molar-refractivity contribution in [2.24, 2.45) is 5.10 Å². The van der Waals surface area contributed by atoms with Crippen molar-refractivity contribution in [1.82, 2.24) is 15.1 Å². The summed E-state index contributed by atoms with van der Waals surface area (Å²) in [5.74, 6) is 0. The Morgan fingerprint density at radius 2 is 2.17 bits per heavy atom. The average Bonchev–Trinajstić information content (AvgIpc) is 2.65. The minimum atomic E-state index is -4.74. The predicted octanol–water partition coefficient (Wildman–Crippen LogP) is 1.42. The maximum Gasteiger partial charge on any atom is 0.434 e. The van der Waals surface area contributed by atoms with E-state index in [1.54, 1.807) is 19.2 Å². The van der Waals surface area contributed by atoms with Gasteiger partial charge in [0.25, 0.3) is 0 Å². The van der Waals surface area contributed by atoms with Crippen LogP contribution in [0.1, 0.15) is 5.69 Å². The molecular formula is C8H10F3N5O2. The Balaban J connectivity index is 3.16. The zero-order valence-corrected chi connectivity index (χ0v) is 9.43. The first-order valence-corrected chi connectivity index (χ1v) is 4.57. The summed E-state index contributed by atoms with van der Waals surface area (Å²) < 4.78 is 37.7. The summed E-state index contributed by atoms with van der Waals surface area (Å²) in [7, 11) is 3.09. The molecule has 18 heavy (non-hydrogen) atoms. The Morgan fingerprint density at radius 3 is 2.61 bits per heavy atom. The van der Waals surface area contributed by atoms with Gasteiger partial charge in [-0.2, -0.15) is 28.4 Å². The summed E-state index contributed by atoms with van der Waals surface area (Å²) in [5.41, 5.74) is -1.96. The van der Waals surface area contributed by atoms with Crippen molar-refractivity contribution in [2.45, 2.75) is 6.18 Å². The number of nitrogens with one attached hydrogen (secondary N) is 1. The lowest BCUT2D eigenvalue weighted by Gasteiger charge is -2.15. The quantitative estimate of drug-likeness (QED) is 0.491. The number of aromatic nitrogens is 2. The van der Waals surface area contributed by atoms with Crippen LogP contribution in [0.15, 0.2) is 11.3 Å². The predicted molar refractivity (Wildman–Crippen MR) is 56.3 cm³/mol. The summed E-state index contributed by atoms with van der Waals surface area (Å²) in [6, 6.07) is 0. The van der Waals surface area contributed by atoms with Crippen molar-refractivity contribution in [3.8, 4) is 0 Å². The van der Waals surface area contributed by atoms with Crippen LogP contribution in [0.4, 0.5) is 23.7 Å². The number of hydrogen-bond donors (Lipinski definition) is 2. The highest BCUT2D eigenvalue weighted by Gasteiger charge is 2.38. The minimum absolute atomic E-state index is 0.187. The normalized spacial score (nSPS) is 11.8. The average molecular weight is 265 g/mol. The molecule has 0 aliphatic heterocycles. The van der Waals surface area contributed by atoms with Gasteiger partial charge in [-0.05, 0) is 0 Å². The van der Waals surface area contributed by atoms with E-state index in [1.165, 1.54) is 4.90 Å². The Bertz CT molecular complexity index is 454. The monoisotopic (exact) mass is 265 g/mol. The second-order valence-electron chi connectivity index (χ2n) is 3.42. The Morgan fingerprint density at radius 1 is 1.56 bits per heavy atom. The molecule has 1 rings (SSSR count). The van der Waals surface area contributed by atoms with Crippen molar-refractivity contribution in [2.75, 3.05) is 19.1 Å². The molecule has 0 saturated heterocycles. The number of rotatable bonds is 3. The highest BCUT2D eigenvalue weighted by molar-refractivity contribution is 5.87. The van der Waals surface area contributed by atoms with E-state index in [4.69, 9.17) is 5.11 Å². The lowest BCUT2D eigenvalue weighted by Crippen LogP contribution is -2.27. The summed E-state index contributed by atoms with van der Waals surface area (Å²) in [4.78, 5) is 12.3. The number of anilines is 1. The fourth-order valence-electron chi connectivity index (χ4n) is 1.02. The molecule has 0 bridgehead atoms. The molecule has 100 valence electrons. The minimum Gasteiger partial charge on any atom is -0.463 e. The van der Waals surface area contributed by atoms with Crippen LogP contribution in [0.25, 0.3) is 0 Å². The zero-order chi connectivity index (χ0) is 13.9. The van der Waals surface area contributed by atoms with Crippen LogP contribution >= 0.6 is 0 Å². The molecule has 7 nitrogen and oxygen atoms in total. The lowest BCUT2D eigenvalue weighted by molar-refractivity contribution is -0.140. The number of hydrazone groups is 1. The number of nitrogens with zero attached hydrogens (tertiary/aromatic N) is 4.